The average molecular weight is 304 g/mol. The van der Waals surface area contributed by atoms with Gasteiger partial charge in [0.2, 0.25) is 0 Å². The van der Waals surface area contributed by atoms with E-state index in [1.165, 1.54) is 3.92 Å². The van der Waals surface area contributed by atoms with Crippen molar-refractivity contribution >= 4 is 19.8 Å². The second-order valence-corrected chi connectivity index (χ2v) is 8.23. The number of rotatable bonds is 0. The van der Waals surface area contributed by atoms with Gasteiger partial charge in [-0.15, -0.1) is 0 Å². The quantitative estimate of drug-likeness (QED) is 0.402. The normalized spacial score (nSPS) is 18.0. The summed E-state index contributed by atoms with van der Waals surface area (Å²) in [7, 11) is 0. The van der Waals surface area contributed by atoms with Crippen molar-refractivity contribution < 1.29 is 0 Å². The van der Waals surface area contributed by atoms with E-state index in [4.69, 9.17) is 0 Å². The fourth-order valence-corrected chi connectivity index (χ4v) is 4.26. The van der Waals surface area contributed by atoms with Gasteiger partial charge >= 0.3 is 40.0 Å². The summed E-state index contributed by atoms with van der Waals surface area (Å²) in [6.07, 6.45) is 0. The number of halogens is 1. The molecule has 1 heteroatoms. The van der Waals surface area contributed by atoms with Crippen molar-refractivity contribution in [3.63, 3.8) is 0 Å². The first-order valence-electron chi connectivity index (χ1n) is 5.85. The zero-order valence-corrected chi connectivity index (χ0v) is 13.8. The molecule has 1 unspecified atom stereocenters. The van der Waals surface area contributed by atoms with Gasteiger partial charge in [-0.3, -0.25) is 0 Å². The predicted octanol–water partition coefficient (Wildman–Crippen LogP) is 5.63. The van der Waals surface area contributed by atoms with Crippen LogP contribution in [0.5, 0.6) is 0 Å². The van der Waals surface area contributed by atoms with Crippen molar-refractivity contribution in [3.05, 3.63) is 0 Å². The summed E-state index contributed by atoms with van der Waals surface area (Å²) in [5.41, 5.74) is 0. The van der Waals surface area contributed by atoms with Gasteiger partial charge in [0, 0.05) is 0 Å². The van der Waals surface area contributed by atoms with Crippen LogP contribution in [0.2, 0.25) is 0 Å². The standard InChI is InChI=1S/C4H9I.4C2H6/c1-4-3-5(4)2;4*1-2/h4H,3H2,1-2H3;4*1-2H3. The van der Waals surface area contributed by atoms with Crippen LogP contribution in [0.15, 0.2) is 0 Å². The molecule has 0 aromatic carbocycles. The van der Waals surface area contributed by atoms with Crippen LogP contribution < -0.4 is 0 Å². The van der Waals surface area contributed by atoms with E-state index in [0.717, 1.165) is 0 Å². The Morgan fingerprint density at radius 2 is 0.846 bits per heavy atom. The van der Waals surface area contributed by atoms with Gasteiger partial charge in [0.25, 0.3) is 0 Å². The molecule has 1 aliphatic heterocycles. The molecule has 0 N–H and O–H groups in total. The molecule has 1 atom stereocenters. The molecule has 0 aromatic heterocycles. The molecular formula is C12H33I. The van der Waals surface area contributed by atoms with Crippen molar-refractivity contribution in [2.75, 3.05) is 9.36 Å². The van der Waals surface area contributed by atoms with Gasteiger partial charge in [-0.05, 0) is 0 Å². The van der Waals surface area contributed by atoms with Gasteiger partial charge in [0.05, 0.1) is 0 Å². The van der Waals surface area contributed by atoms with Crippen LogP contribution in [0, 0.1) is 0 Å². The van der Waals surface area contributed by atoms with E-state index in [1.807, 2.05) is 55.4 Å². The molecule has 1 heterocycles. The summed E-state index contributed by atoms with van der Waals surface area (Å²) in [5, 5.41) is 0. The molecule has 1 fully saturated rings. The Kier molecular flexibility index (Phi) is 53.0. The van der Waals surface area contributed by atoms with Gasteiger partial charge in [-0.25, -0.2) is 0 Å². The molecule has 0 aromatic rings. The van der Waals surface area contributed by atoms with Crippen LogP contribution in [0.4, 0.5) is 0 Å². The Morgan fingerprint density at radius 1 is 0.769 bits per heavy atom. The summed E-state index contributed by atoms with van der Waals surface area (Å²) in [6.45, 7) is 18.4. The third-order valence-electron chi connectivity index (χ3n) is 0.990. The van der Waals surface area contributed by atoms with Crippen molar-refractivity contribution in [2.24, 2.45) is 0 Å². The van der Waals surface area contributed by atoms with E-state index in [0.29, 0.717) is 0 Å². The zero-order valence-electron chi connectivity index (χ0n) is 11.7. The maximum atomic E-state index is 2.45. The first kappa shape index (κ1) is 23.5. The van der Waals surface area contributed by atoms with E-state index in [-0.39, 0.29) is 19.8 Å². The minimum atomic E-state index is -0.115. The topological polar surface area (TPSA) is 0 Å². The van der Waals surface area contributed by atoms with Gasteiger partial charge in [-0.2, -0.15) is 0 Å². The van der Waals surface area contributed by atoms with E-state index >= 15 is 0 Å². The molecule has 0 saturated carbocycles. The van der Waals surface area contributed by atoms with Crippen LogP contribution in [0.3, 0.4) is 0 Å². The van der Waals surface area contributed by atoms with Crippen molar-refractivity contribution in [1.82, 2.24) is 0 Å². The Hall–Kier alpha value is 0.730. The molecule has 0 bridgehead atoms. The SMILES string of the molecule is CC.CC.CC.CC.CC1CI1C. The molecule has 0 nitrogen and oxygen atoms in total. The van der Waals surface area contributed by atoms with E-state index in [2.05, 4.69) is 11.9 Å². The third-order valence-corrected chi connectivity index (χ3v) is 6.64. The van der Waals surface area contributed by atoms with Crippen LogP contribution in [0.25, 0.3) is 0 Å². The van der Waals surface area contributed by atoms with E-state index in [9.17, 15) is 0 Å². The summed E-state index contributed by atoms with van der Waals surface area (Å²) < 4.78 is 2.84. The van der Waals surface area contributed by atoms with Crippen LogP contribution in [0.1, 0.15) is 62.3 Å². The third kappa shape index (κ3) is 32.4. The molecule has 88 valence electrons. The van der Waals surface area contributed by atoms with Gasteiger partial charge in [-0.1, -0.05) is 55.4 Å². The molecule has 1 rings (SSSR count). The molecule has 0 amide bonds. The fraction of sp³-hybridized carbons (Fsp3) is 1.00. The fourth-order valence-electron chi connectivity index (χ4n) is 0.302. The van der Waals surface area contributed by atoms with Gasteiger partial charge < -0.3 is 0 Å². The van der Waals surface area contributed by atoms with Crippen molar-refractivity contribution in [2.45, 2.75) is 66.2 Å². The van der Waals surface area contributed by atoms with Crippen molar-refractivity contribution in [3.8, 4) is 0 Å². The van der Waals surface area contributed by atoms with Crippen molar-refractivity contribution in [1.29, 1.82) is 0 Å². The number of hydrogen-bond acceptors (Lipinski definition) is 0. The van der Waals surface area contributed by atoms with Gasteiger partial charge in [0.15, 0.2) is 0 Å². The Balaban J connectivity index is -0.0000000445. The summed E-state index contributed by atoms with van der Waals surface area (Å²) in [5.74, 6) is 0. The zero-order chi connectivity index (χ0) is 11.9. The molecule has 0 aliphatic carbocycles. The Morgan fingerprint density at radius 3 is 0.846 bits per heavy atom. The Bertz CT molecular complexity index is 38.4. The summed E-state index contributed by atoms with van der Waals surface area (Å²) in [4.78, 5) is 2.45. The molecule has 0 spiro atoms. The molecule has 0 radical (unpaired) electrons. The second-order valence-electron chi connectivity index (χ2n) is 1.57. The summed E-state index contributed by atoms with van der Waals surface area (Å²) >= 11 is -0.115. The molecule has 13 heavy (non-hydrogen) atoms. The van der Waals surface area contributed by atoms with Crippen LogP contribution >= 0.6 is 19.8 Å². The first-order chi connectivity index (χ1) is 6.30. The number of hydrogen-bond donors (Lipinski definition) is 0. The monoisotopic (exact) mass is 304 g/mol. The molecule has 1 saturated heterocycles. The first-order valence-corrected chi connectivity index (χ1v) is 10.8. The van der Waals surface area contributed by atoms with E-state index < -0.39 is 0 Å². The second kappa shape index (κ2) is 29.3. The number of alkyl halides is 3. The van der Waals surface area contributed by atoms with Crippen LogP contribution in [-0.4, -0.2) is 13.3 Å². The van der Waals surface area contributed by atoms with Crippen LogP contribution in [-0.2, 0) is 0 Å². The summed E-state index contributed by atoms with van der Waals surface area (Å²) in [6, 6.07) is 0. The van der Waals surface area contributed by atoms with E-state index in [1.54, 1.807) is 4.43 Å². The predicted molar refractivity (Wildman–Crippen MR) is 79.7 cm³/mol. The Labute approximate surface area is 95.3 Å². The maximum absolute atomic E-state index is 2.45. The minimum absolute atomic E-state index is 0.115. The molecule has 1 aliphatic rings. The van der Waals surface area contributed by atoms with Gasteiger partial charge in [0.1, 0.15) is 0 Å². The molecular weight excluding hydrogens is 271 g/mol. The average Bonchev–Trinajstić information content (AvgIpc) is 2.92.